The summed E-state index contributed by atoms with van der Waals surface area (Å²) in [5.74, 6) is 0. The first-order chi connectivity index (χ1) is 8.78. The van der Waals surface area contributed by atoms with Gasteiger partial charge in [0.25, 0.3) is 0 Å². The van der Waals surface area contributed by atoms with Gasteiger partial charge in [0.15, 0.2) is 0 Å². The highest BCUT2D eigenvalue weighted by Gasteiger charge is 2.15. The molecule has 0 atom stereocenters. The fraction of sp³-hybridized carbons (Fsp3) is 0.625. The predicted octanol–water partition coefficient (Wildman–Crippen LogP) is 3.16. The van der Waals surface area contributed by atoms with E-state index in [1.54, 1.807) is 0 Å². The fourth-order valence-electron chi connectivity index (χ4n) is 2.33. The molecule has 0 aromatic heterocycles. The molecule has 1 heterocycles. The molecule has 0 N–H and O–H groups in total. The number of nitrogens with zero attached hydrogens (tertiary/aromatic N) is 2. The summed E-state index contributed by atoms with van der Waals surface area (Å²) in [5, 5.41) is 0. The van der Waals surface area contributed by atoms with Crippen molar-refractivity contribution < 1.29 is 0 Å². The number of likely N-dealkylation sites (N-methyl/N-ethyl adjacent to an activating group) is 1. The fourth-order valence-corrected chi connectivity index (χ4v) is 2.33. The summed E-state index contributed by atoms with van der Waals surface area (Å²) in [5.41, 5.74) is 2.81. The standard InChI is InChI=1S/C14H22N2.C2H6/c1-3-15-7-9-16(10-8-15)12-14-6-4-5-13(2)11-14;1-2/h4-6,11H,3,7-10,12H2,1-2H3;1-2H3. The van der Waals surface area contributed by atoms with Crippen LogP contribution in [0.1, 0.15) is 31.9 Å². The molecule has 1 aliphatic heterocycles. The number of benzene rings is 1. The third kappa shape index (κ3) is 4.79. The van der Waals surface area contributed by atoms with E-state index in [1.165, 1.54) is 43.9 Å². The maximum atomic E-state index is 2.56. The van der Waals surface area contributed by atoms with E-state index in [-0.39, 0.29) is 0 Å². The third-order valence-corrected chi connectivity index (χ3v) is 3.40. The van der Waals surface area contributed by atoms with Gasteiger partial charge in [0.2, 0.25) is 0 Å². The number of aryl methyl sites for hydroxylation is 1. The SMILES string of the molecule is CC.CCN1CCN(Cc2cccc(C)c2)CC1. The molecule has 0 amide bonds. The summed E-state index contributed by atoms with van der Waals surface area (Å²) in [6, 6.07) is 8.86. The molecule has 0 aliphatic carbocycles. The van der Waals surface area contributed by atoms with Crippen molar-refractivity contribution in [1.82, 2.24) is 9.80 Å². The first-order valence-electron chi connectivity index (χ1n) is 7.28. The molecule has 0 bridgehead atoms. The molecule has 102 valence electrons. The van der Waals surface area contributed by atoms with Gasteiger partial charge in [-0.25, -0.2) is 0 Å². The van der Waals surface area contributed by atoms with Crippen LogP contribution in [-0.4, -0.2) is 42.5 Å². The Morgan fingerprint density at radius 1 is 1.00 bits per heavy atom. The number of rotatable bonds is 3. The minimum atomic E-state index is 1.11. The highest BCUT2D eigenvalue weighted by Crippen LogP contribution is 2.09. The second-order valence-corrected chi connectivity index (χ2v) is 4.70. The Labute approximate surface area is 113 Å². The molecule has 1 aromatic rings. The molecule has 18 heavy (non-hydrogen) atoms. The quantitative estimate of drug-likeness (QED) is 0.811. The highest BCUT2D eigenvalue weighted by molar-refractivity contribution is 5.22. The van der Waals surface area contributed by atoms with Crippen LogP contribution in [0, 0.1) is 6.92 Å². The van der Waals surface area contributed by atoms with Crippen LogP contribution < -0.4 is 0 Å². The zero-order valence-electron chi connectivity index (χ0n) is 12.4. The molecule has 2 heteroatoms. The van der Waals surface area contributed by atoms with E-state index in [0.29, 0.717) is 0 Å². The van der Waals surface area contributed by atoms with Gasteiger partial charge in [0.1, 0.15) is 0 Å². The van der Waals surface area contributed by atoms with Gasteiger partial charge in [-0.15, -0.1) is 0 Å². The lowest BCUT2D eigenvalue weighted by atomic mass is 10.1. The van der Waals surface area contributed by atoms with Crippen molar-refractivity contribution in [2.24, 2.45) is 0 Å². The second-order valence-electron chi connectivity index (χ2n) is 4.70. The lowest BCUT2D eigenvalue weighted by molar-refractivity contribution is 0.132. The predicted molar refractivity (Wildman–Crippen MR) is 79.9 cm³/mol. The second kappa shape index (κ2) is 8.28. The van der Waals surface area contributed by atoms with Crippen molar-refractivity contribution in [3.63, 3.8) is 0 Å². The average molecular weight is 248 g/mol. The first-order valence-corrected chi connectivity index (χ1v) is 7.28. The molecule has 2 rings (SSSR count). The molecule has 1 aromatic carbocycles. The molecule has 0 spiro atoms. The Bertz CT molecular complexity index is 328. The van der Waals surface area contributed by atoms with E-state index in [4.69, 9.17) is 0 Å². The summed E-state index contributed by atoms with van der Waals surface area (Å²) in [6.45, 7) is 15.6. The maximum absolute atomic E-state index is 2.56. The Balaban J connectivity index is 0.000000771. The van der Waals surface area contributed by atoms with Gasteiger partial charge in [-0.2, -0.15) is 0 Å². The van der Waals surface area contributed by atoms with Crippen molar-refractivity contribution >= 4 is 0 Å². The zero-order valence-corrected chi connectivity index (χ0v) is 12.4. The Kier molecular flexibility index (Phi) is 6.99. The Hall–Kier alpha value is -0.860. The van der Waals surface area contributed by atoms with Crippen LogP contribution in [0.3, 0.4) is 0 Å². The van der Waals surface area contributed by atoms with E-state index in [0.717, 1.165) is 6.54 Å². The van der Waals surface area contributed by atoms with Crippen LogP contribution in [0.5, 0.6) is 0 Å². The summed E-state index contributed by atoms with van der Waals surface area (Å²) < 4.78 is 0. The number of hydrogen-bond acceptors (Lipinski definition) is 2. The lowest BCUT2D eigenvalue weighted by Crippen LogP contribution is -2.45. The zero-order chi connectivity index (χ0) is 13.4. The summed E-state index contributed by atoms with van der Waals surface area (Å²) in [4.78, 5) is 5.08. The van der Waals surface area contributed by atoms with Gasteiger partial charge in [-0.3, -0.25) is 4.90 Å². The van der Waals surface area contributed by atoms with Gasteiger partial charge in [0, 0.05) is 32.7 Å². The molecular formula is C16H28N2. The van der Waals surface area contributed by atoms with Gasteiger partial charge in [-0.05, 0) is 19.0 Å². The number of hydrogen-bond donors (Lipinski definition) is 0. The Morgan fingerprint density at radius 2 is 1.61 bits per heavy atom. The van der Waals surface area contributed by atoms with Crippen LogP contribution in [0.4, 0.5) is 0 Å². The summed E-state index contributed by atoms with van der Waals surface area (Å²) >= 11 is 0. The smallest absolute Gasteiger partial charge is 0.0234 e. The molecule has 0 unspecified atom stereocenters. The molecule has 0 saturated carbocycles. The number of piperazine rings is 1. The largest absolute Gasteiger partial charge is 0.301 e. The molecule has 1 aliphatic rings. The molecule has 0 radical (unpaired) electrons. The van der Waals surface area contributed by atoms with Crippen molar-refractivity contribution in [3.05, 3.63) is 35.4 Å². The maximum Gasteiger partial charge on any atom is 0.0234 e. The van der Waals surface area contributed by atoms with Crippen molar-refractivity contribution in [2.45, 2.75) is 34.2 Å². The van der Waals surface area contributed by atoms with Crippen LogP contribution in [0.15, 0.2) is 24.3 Å². The van der Waals surface area contributed by atoms with Crippen LogP contribution in [0.25, 0.3) is 0 Å². The topological polar surface area (TPSA) is 6.48 Å². The van der Waals surface area contributed by atoms with E-state index in [1.807, 2.05) is 13.8 Å². The molecule has 1 fully saturated rings. The van der Waals surface area contributed by atoms with Gasteiger partial charge >= 0.3 is 0 Å². The first kappa shape index (κ1) is 15.2. The summed E-state index contributed by atoms with van der Waals surface area (Å²) in [7, 11) is 0. The van der Waals surface area contributed by atoms with Crippen molar-refractivity contribution in [3.8, 4) is 0 Å². The van der Waals surface area contributed by atoms with Crippen molar-refractivity contribution in [2.75, 3.05) is 32.7 Å². The van der Waals surface area contributed by atoms with E-state index < -0.39 is 0 Å². The van der Waals surface area contributed by atoms with Gasteiger partial charge < -0.3 is 4.90 Å². The minimum absolute atomic E-state index is 1.11. The monoisotopic (exact) mass is 248 g/mol. The third-order valence-electron chi connectivity index (χ3n) is 3.40. The normalized spacial score (nSPS) is 17.1. The van der Waals surface area contributed by atoms with Crippen LogP contribution in [-0.2, 0) is 6.54 Å². The minimum Gasteiger partial charge on any atom is -0.301 e. The Morgan fingerprint density at radius 3 is 2.17 bits per heavy atom. The van der Waals surface area contributed by atoms with Gasteiger partial charge in [-0.1, -0.05) is 50.6 Å². The van der Waals surface area contributed by atoms with E-state index >= 15 is 0 Å². The van der Waals surface area contributed by atoms with E-state index in [2.05, 4.69) is 47.9 Å². The van der Waals surface area contributed by atoms with Crippen LogP contribution in [0.2, 0.25) is 0 Å². The van der Waals surface area contributed by atoms with Crippen molar-refractivity contribution in [1.29, 1.82) is 0 Å². The van der Waals surface area contributed by atoms with Crippen LogP contribution >= 0.6 is 0 Å². The molecule has 2 nitrogen and oxygen atoms in total. The highest BCUT2D eigenvalue weighted by atomic mass is 15.3. The summed E-state index contributed by atoms with van der Waals surface area (Å²) in [6.07, 6.45) is 0. The van der Waals surface area contributed by atoms with Gasteiger partial charge in [0.05, 0.1) is 0 Å². The van der Waals surface area contributed by atoms with E-state index in [9.17, 15) is 0 Å². The molecular weight excluding hydrogens is 220 g/mol. The molecule has 1 saturated heterocycles. The lowest BCUT2D eigenvalue weighted by Gasteiger charge is -2.34. The average Bonchev–Trinajstić information content (AvgIpc) is 2.42.